The van der Waals surface area contributed by atoms with E-state index in [9.17, 15) is 5.11 Å². The predicted molar refractivity (Wildman–Crippen MR) is 93.9 cm³/mol. The summed E-state index contributed by atoms with van der Waals surface area (Å²) in [5.41, 5.74) is 1.13. The number of ether oxygens (including phenoxy) is 1. The fourth-order valence-corrected chi connectivity index (χ4v) is 2.95. The van der Waals surface area contributed by atoms with Crippen LogP contribution in [0.15, 0.2) is 78.9 Å². The summed E-state index contributed by atoms with van der Waals surface area (Å²) in [5.74, 6) is 0.921. The fraction of sp³-hybridized carbons (Fsp3) is 0.0476. The molecule has 0 unspecified atom stereocenters. The van der Waals surface area contributed by atoms with Crippen molar-refractivity contribution >= 4 is 21.5 Å². The molecule has 0 aliphatic rings. The average Bonchev–Trinajstić information content (AvgIpc) is 2.59. The summed E-state index contributed by atoms with van der Waals surface area (Å²) < 4.78 is 6.03. The van der Waals surface area contributed by atoms with Gasteiger partial charge in [-0.25, -0.2) is 0 Å². The van der Waals surface area contributed by atoms with E-state index in [0.717, 1.165) is 16.3 Å². The molecule has 0 saturated carbocycles. The first kappa shape index (κ1) is 13.6. The zero-order valence-electron chi connectivity index (χ0n) is 12.6. The van der Waals surface area contributed by atoms with E-state index in [1.807, 2.05) is 42.5 Å². The van der Waals surface area contributed by atoms with E-state index in [0.29, 0.717) is 12.4 Å². The molecule has 4 aromatic rings. The van der Waals surface area contributed by atoms with Crippen molar-refractivity contribution in [3.05, 3.63) is 84.4 Å². The van der Waals surface area contributed by atoms with Crippen molar-refractivity contribution in [3.63, 3.8) is 0 Å². The quantitative estimate of drug-likeness (QED) is 0.558. The number of phenols is 1. The number of hydrogen-bond acceptors (Lipinski definition) is 2. The van der Waals surface area contributed by atoms with E-state index in [-0.39, 0.29) is 5.75 Å². The zero-order valence-corrected chi connectivity index (χ0v) is 12.6. The Kier molecular flexibility index (Phi) is 3.35. The maximum absolute atomic E-state index is 9.90. The van der Waals surface area contributed by atoms with Crippen LogP contribution < -0.4 is 4.74 Å². The Bertz CT molecular complexity index is 984. The number of hydrogen-bond donors (Lipinski definition) is 1. The van der Waals surface area contributed by atoms with Gasteiger partial charge in [-0.15, -0.1) is 0 Å². The molecule has 0 saturated heterocycles. The Morgan fingerprint density at radius 3 is 2.26 bits per heavy atom. The van der Waals surface area contributed by atoms with Crippen molar-refractivity contribution in [1.82, 2.24) is 0 Å². The van der Waals surface area contributed by atoms with Crippen LogP contribution in [0.2, 0.25) is 0 Å². The minimum atomic E-state index is 0.219. The number of aromatic hydroxyl groups is 1. The second-order valence-electron chi connectivity index (χ2n) is 5.59. The Morgan fingerprint density at radius 2 is 1.39 bits per heavy atom. The Balaban J connectivity index is 1.71. The summed E-state index contributed by atoms with van der Waals surface area (Å²) in [6.07, 6.45) is 0. The van der Waals surface area contributed by atoms with E-state index in [4.69, 9.17) is 4.74 Å². The monoisotopic (exact) mass is 300 g/mol. The Morgan fingerprint density at radius 1 is 0.696 bits per heavy atom. The van der Waals surface area contributed by atoms with Gasteiger partial charge in [0, 0.05) is 11.5 Å². The number of fused-ring (bicyclic) bond motifs is 2. The first-order valence-electron chi connectivity index (χ1n) is 7.62. The summed E-state index contributed by atoms with van der Waals surface area (Å²) in [6, 6.07) is 25.8. The van der Waals surface area contributed by atoms with Crippen LogP contribution in [0.5, 0.6) is 11.5 Å². The van der Waals surface area contributed by atoms with Crippen molar-refractivity contribution in [2.75, 3.05) is 0 Å². The third-order valence-electron chi connectivity index (χ3n) is 4.07. The van der Waals surface area contributed by atoms with Crippen LogP contribution in [0.1, 0.15) is 5.56 Å². The summed E-state index contributed by atoms with van der Waals surface area (Å²) in [5, 5.41) is 14.3. The van der Waals surface area contributed by atoms with Crippen molar-refractivity contribution in [3.8, 4) is 11.5 Å². The van der Waals surface area contributed by atoms with E-state index in [1.54, 1.807) is 12.1 Å². The predicted octanol–water partition coefficient (Wildman–Crippen LogP) is 5.28. The molecule has 2 nitrogen and oxygen atoms in total. The van der Waals surface area contributed by atoms with Crippen LogP contribution >= 0.6 is 0 Å². The minimum absolute atomic E-state index is 0.219. The molecule has 2 heteroatoms. The number of benzene rings is 4. The van der Waals surface area contributed by atoms with Crippen LogP contribution in [0.4, 0.5) is 0 Å². The van der Waals surface area contributed by atoms with Crippen molar-refractivity contribution < 1.29 is 9.84 Å². The van der Waals surface area contributed by atoms with Gasteiger partial charge in [0.2, 0.25) is 0 Å². The average molecular weight is 300 g/mol. The number of phenolic OH excluding ortho intramolecular Hbond substituents is 1. The highest BCUT2D eigenvalue weighted by atomic mass is 16.5. The highest BCUT2D eigenvalue weighted by Gasteiger charge is 2.06. The number of rotatable bonds is 3. The largest absolute Gasteiger partial charge is 0.508 e. The molecular weight excluding hydrogens is 284 g/mol. The van der Waals surface area contributed by atoms with Crippen LogP contribution in [0, 0.1) is 0 Å². The van der Waals surface area contributed by atoms with Gasteiger partial charge in [0.25, 0.3) is 0 Å². The molecule has 0 aliphatic heterocycles. The summed E-state index contributed by atoms with van der Waals surface area (Å²) in [6.45, 7) is 0.467. The van der Waals surface area contributed by atoms with E-state index in [2.05, 4.69) is 24.3 Å². The van der Waals surface area contributed by atoms with Crippen LogP contribution in [-0.2, 0) is 6.61 Å². The lowest BCUT2D eigenvalue weighted by atomic mass is 10.1. The van der Waals surface area contributed by atoms with Crippen molar-refractivity contribution in [2.45, 2.75) is 6.61 Å². The maximum atomic E-state index is 9.90. The van der Waals surface area contributed by atoms with Crippen LogP contribution in [-0.4, -0.2) is 5.11 Å². The van der Waals surface area contributed by atoms with Gasteiger partial charge in [-0.2, -0.15) is 0 Å². The van der Waals surface area contributed by atoms with Crippen LogP contribution in [0.25, 0.3) is 21.5 Å². The lowest BCUT2D eigenvalue weighted by Gasteiger charge is -2.12. The zero-order chi connectivity index (χ0) is 15.6. The first-order valence-corrected chi connectivity index (χ1v) is 7.62. The Labute approximate surface area is 134 Å². The molecule has 112 valence electrons. The van der Waals surface area contributed by atoms with Crippen LogP contribution in [0.3, 0.4) is 0 Å². The van der Waals surface area contributed by atoms with Gasteiger partial charge >= 0.3 is 0 Å². The van der Waals surface area contributed by atoms with Gasteiger partial charge in [0.15, 0.2) is 0 Å². The van der Waals surface area contributed by atoms with Gasteiger partial charge in [-0.3, -0.25) is 0 Å². The fourth-order valence-electron chi connectivity index (χ4n) is 2.95. The highest BCUT2D eigenvalue weighted by Crippen LogP contribution is 2.31. The molecule has 1 N–H and O–H groups in total. The van der Waals surface area contributed by atoms with Crippen molar-refractivity contribution in [2.24, 2.45) is 0 Å². The van der Waals surface area contributed by atoms with E-state index < -0.39 is 0 Å². The summed E-state index contributed by atoms with van der Waals surface area (Å²) in [7, 11) is 0. The Hall–Kier alpha value is -3.00. The van der Waals surface area contributed by atoms with E-state index in [1.165, 1.54) is 10.8 Å². The molecule has 0 bridgehead atoms. The van der Waals surface area contributed by atoms with E-state index >= 15 is 0 Å². The normalized spacial score (nSPS) is 11.0. The molecule has 0 aromatic heterocycles. The van der Waals surface area contributed by atoms with Gasteiger partial charge in [-0.05, 0) is 27.8 Å². The molecule has 0 heterocycles. The molecule has 23 heavy (non-hydrogen) atoms. The van der Waals surface area contributed by atoms with Crippen molar-refractivity contribution in [1.29, 1.82) is 0 Å². The molecular formula is C21H16O2. The van der Waals surface area contributed by atoms with Gasteiger partial charge in [-0.1, -0.05) is 66.7 Å². The smallest absolute Gasteiger partial charge is 0.131 e. The molecule has 0 radical (unpaired) electrons. The molecule has 0 spiro atoms. The lowest BCUT2D eigenvalue weighted by molar-refractivity contribution is 0.310. The first-order chi connectivity index (χ1) is 11.3. The third kappa shape index (κ3) is 2.59. The standard InChI is InChI=1S/C21H16O2/c22-18-12-16-7-2-4-11-20(16)21(13-18)23-14-17-9-5-8-15-6-1-3-10-19(15)17/h1-13,22H,14H2. The summed E-state index contributed by atoms with van der Waals surface area (Å²) >= 11 is 0. The second-order valence-corrected chi connectivity index (χ2v) is 5.59. The van der Waals surface area contributed by atoms with Gasteiger partial charge < -0.3 is 9.84 Å². The van der Waals surface area contributed by atoms with Gasteiger partial charge in [0.05, 0.1) is 0 Å². The summed E-state index contributed by atoms with van der Waals surface area (Å²) in [4.78, 5) is 0. The second kappa shape index (κ2) is 5.65. The lowest BCUT2D eigenvalue weighted by Crippen LogP contribution is -1.97. The molecule has 4 rings (SSSR count). The topological polar surface area (TPSA) is 29.5 Å². The minimum Gasteiger partial charge on any atom is -0.508 e. The molecule has 4 aromatic carbocycles. The maximum Gasteiger partial charge on any atom is 0.131 e. The molecule has 0 amide bonds. The molecule has 0 aliphatic carbocycles. The molecule has 0 atom stereocenters. The molecule has 0 fully saturated rings. The highest BCUT2D eigenvalue weighted by molar-refractivity contribution is 5.90. The third-order valence-corrected chi connectivity index (χ3v) is 4.07. The van der Waals surface area contributed by atoms with Gasteiger partial charge in [0.1, 0.15) is 18.1 Å². The SMILES string of the molecule is Oc1cc(OCc2cccc3ccccc23)c2ccccc2c1.